The van der Waals surface area contributed by atoms with Crippen molar-refractivity contribution in [3.8, 4) is 5.69 Å². The van der Waals surface area contributed by atoms with Gasteiger partial charge in [-0.25, -0.2) is 0 Å². The van der Waals surface area contributed by atoms with E-state index < -0.39 is 0 Å². The molecule has 5 rings (SSSR count). The van der Waals surface area contributed by atoms with Gasteiger partial charge in [0.25, 0.3) is 0 Å². The highest BCUT2D eigenvalue weighted by Gasteiger charge is 2.27. The summed E-state index contributed by atoms with van der Waals surface area (Å²) in [4.78, 5) is 17.6. The summed E-state index contributed by atoms with van der Waals surface area (Å²) in [7, 11) is 0. The Morgan fingerprint density at radius 3 is 2.00 bits per heavy atom. The first-order valence-electron chi connectivity index (χ1n) is 12.0. The zero-order valence-electron chi connectivity index (χ0n) is 19.8. The van der Waals surface area contributed by atoms with Crippen LogP contribution in [0.2, 0.25) is 0 Å². The fourth-order valence-electron chi connectivity index (χ4n) is 4.40. The van der Waals surface area contributed by atoms with E-state index in [1.54, 1.807) is 0 Å². The SMILES string of the molecule is CC(Sc1nnc(Cc2ccccc2)n1-c1ccccc1)C(=O)N1CCN(c2ccccc2)CC1. The molecule has 1 saturated heterocycles. The molecule has 1 aliphatic heterocycles. The lowest BCUT2D eigenvalue weighted by molar-refractivity contribution is -0.130. The zero-order chi connectivity index (χ0) is 24.0. The highest BCUT2D eigenvalue weighted by Crippen LogP contribution is 2.28. The number of nitrogens with zero attached hydrogens (tertiary/aromatic N) is 5. The van der Waals surface area contributed by atoms with Gasteiger partial charge in [0.15, 0.2) is 5.16 Å². The smallest absolute Gasteiger partial charge is 0.236 e. The third-order valence-corrected chi connectivity index (χ3v) is 7.29. The molecule has 7 heteroatoms. The van der Waals surface area contributed by atoms with Crippen LogP contribution < -0.4 is 4.90 Å². The van der Waals surface area contributed by atoms with Crippen LogP contribution in [-0.4, -0.2) is 57.0 Å². The molecule has 178 valence electrons. The summed E-state index contributed by atoms with van der Waals surface area (Å²) in [6.45, 7) is 5.10. The lowest BCUT2D eigenvalue weighted by atomic mass is 10.1. The van der Waals surface area contributed by atoms with Crippen molar-refractivity contribution < 1.29 is 4.79 Å². The normalized spacial score (nSPS) is 14.7. The Kier molecular flexibility index (Phi) is 7.14. The first-order chi connectivity index (χ1) is 17.2. The van der Waals surface area contributed by atoms with E-state index in [1.807, 2.05) is 54.3 Å². The number of hydrogen-bond acceptors (Lipinski definition) is 5. The number of thioether (sulfide) groups is 1. The molecular weight excluding hydrogens is 454 g/mol. The first kappa shape index (κ1) is 23.2. The number of benzene rings is 3. The van der Waals surface area contributed by atoms with E-state index in [4.69, 9.17) is 0 Å². The summed E-state index contributed by atoms with van der Waals surface area (Å²) in [5, 5.41) is 9.51. The van der Waals surface area contributed by atoms with Crippen molar-refractivity contribution in [2.45, 2.75) is 23.8 Å². The number of anilines is 1. The molecule has 1 fully saturated rings. The predicted octanol–water partition coefficient (Wildman–Crippen LogP) is 4.69. The number of amides is 1. The van der Waals surface area contributed by atoms with Crippen molar-refractivity contribution in [3.63, 3.8) is 0 Å². The Hall–Kier alpha value is -3.58. The topological polar surface area (TPSA) is 54.3 Å². The number of para-hydroxylation sites is 2. The molecular formula is C28H29N5OS. The molecule has 35 heavy (non-hydrogen) atoms. The molecule has 1 amide bonds. The molecule has 1 atom stereocenters. The van der Waals surface area contributed by atoms with Gasteiger partial charge in [0.05, 0.1) is 5.25 Å². The monoisotopic (exact) mass is 483 g/mol. The van der Waals surface area contributed by atoms with E-state index in [0.29, 0.717) is 6.42 Å². The Bertz CT molecular complexity index is 1240. The van der Waals surface area contributed by atoms with E-state index >= 15 is 0 Å². The van der Waals surface area contributed by atoms with Crippen molar-refractivity contribution in [3.05, 3.63) is 102 Å². The molecule has 0 saturated carbocycles. The van der Waals surface area contributed by atoms with E-state index in [9.17, 15) is 4.79 Å². The van der Waals surface area contributed by atoms with Gasteiger partial charge in [-0.1, -0.05) is 78.5 Å². The van der Waals surface area contributed by atoms with Gasteiger partial charge >= 0.3 is 0 Å². The predicted molar refractivity (Wildman–Crippen MR) is 141 cm³/mol. The van der Waals surface area contributed by atoms with E-state index in [2.05, 4.69) is 68.2 Å². The van der Waals surface area contributed by atoms with Crippen LogP contribution in [0.25, 0.3) is 5.69 Å². The lowest BCUT2D eigenvalue weighted by Gasteiger charge is -2.37. The summed E-state index contributed by atoms with van der Waals surface area (Å²) in [5.41, 5.74) is 3.39. The molecule has 0 radical (unpaired) electrons. The van der Waals surface area contributed by atoms with Gasteiger partial charge in [-0.2, -0.15) is 0 Å². The first-order valence-corrected chi connectivity index (χ1v) is 12.9. The second-order valence-electron chi connectivity index (χ2n) is 8.64. The molecule has 1 aromatic heterocycles. The molecule has 0 aliphatic carbocycles. The second-order valence-corrected chi connectivity index (χ2v) is 9.95. The number of piperazine rings is 1. The molecule has 3 aromatic carbocycles. The number of carbonyl (C=O) groups is 1. The van der Waals surface area contributed by atoms with E-state index in [0.717, 1.165) is 42.8 Å². The lowest BCUT2D eigenvalue weighted by Crippen LogP contribution is -2.50. The van der Waals surface area contributed by atoms with Crippen molar-refractivity contribution >= 4 is 23.4 Å². The maximum absolute atomic E-state index is 13.3. The largest absolute Gasteiger partial charge is 0.368 e. The van der Waals surface area contributed by atoms with Crippen LogP contribution >= 0.6 is 11.8 Å². The molecule has 0 bridgehead atoms. The number of hydrogen-bond donors (Lipinski definition) is 0. The van der Waals surface area contributed by atoms with Gasteiger partial charge in [-0.05, 0) is 36.8 Å². The average molecular weight is 484 g/mol. The summed E-state index contributed by atoms with van der Waals surface area (Å²) in [6, 6.07) is 30.8. The molecule has 0 spiro atoms. The maximum atomic E-state index is 13.3. The van der Waals surface area contributed by atoms with E-state index in [1.165, 1.54) is 23.0 Å². The van der Waals surface area contributed by atoms with Crippen LogP contribution in [0, 0.1) is 0 Å². The number of aromatic nitrogens is 3. The number of rotatable bonds is 7. The second kappa shape index (κ2) is 10.8. The van der Waals surface area contributed by atoms with Gasteiger partial charge in [0.1, 0.15) is 5.82 Å². The Morgan fingerprint density at radius 2 is 1.37 bits per heavy atom. The molecule has 6 nitrogen and oxygen atoms in total. The molecule has 1 unspecified atom stereocenters. The van der Waals surface area contributed by atoms with Gasteiger partial charge in [0, 0.05) is 44.0 Å². The van der Waals surface area contributed by atoms with Crippen LogP contribution in [0.1, 0.15) is 18.3 Å². The average Bonchev–Trinajstić information content (AvgIpc) is 3.31. The molecule has 1 aliphatic rings. The minimum absolute atomic E-state index is 0.148. The Morgan fingerprint density at radius 1 is 0.800 bits per heavy atom. The summed E-state index contributed by atoms with van der Waals surface area (Å²) in [6.07, 6.45) is 0.674. The fourth-order valence-corrected chi connectivity index (χ4v) is 5.37. The highest BCUT2D eigenvalue weighted by molar-refractivity contribution is 8.00. The zero-order valence-corrected chi connectivity index (χ0v) is 20.6. The summed E-state index contributed by atoms with van der Waals surface area (Å²) < 4.78 is 2.08. The van der Waals surface area contributed by atoms with E-state index in [-0.39, 0.29) is 11.2 Å². The molecule has 4 aromatic rings. The fraction of sp³-hybridized carbons (Fsp3) is 0.250. The van der Waals surface area contributed by atoms with Crippen LogP contribution in [0.5, 0.6) is 0 Å². The highest BCUT2D eigenvalue weighted by atomic mass is 32.2. The minimum Gasteiger partial charge on any atom is -0.368 e. The van der Waals surface area contributed by atoms with Crippen molar-refractivity contribution in [2.24, 2.45) is 0 Å². The van der Waals surface area contributed by atoms with Gasteiger partial charge in [0.2, 0.25) is 5.91 Å². The maximum Gasteiger partial charge on any atom is 0.236 e. The quantitative estimate of drug-likeness (QED) is 0.357. The molecule has 2 heterocycles. The summed E-state index contributed by atoms with van der Waals surface area (Å²) in [5.74, 6) is 1.01. The van der Waals surface area contributed by atoms with Crippen LogP contribution in [0.15, 0.2) is 96.2 Å². The van der Waals surface area contributed by atoms with Crippen molar-refractivity contribution in [1.29, 1.82) is 0 Å². The van der Waals surface area contributed by atoms with Crippen LogP contribution in [0.4, 0.5) is 5.69 Å². The Labute approximate surface area is 210 Å². The van der Waals surface area contributed by atoms with Gasteiger partial charge in [-0.15, -0.1) is 10.2 Å². The third kappa shape index (κ3) is 5.41. The standard InChI is InChI=1S/C28H29N5OS/c1-22(27(34)32-19-17-31(18-20-32)24-13-7-3-8-14-24)35-28-30-29-26(21-23-11-5-2-6-12-23)33(28)25-15-9-4-10-16-25/h2-16,22H,17-21H2,1H3. The molecule has 0 N–H and O–H groups in total. The third-order valence-electron chi connectivity index (χ3n) is 6.26. The van der Waals surface area contributed by atoms with Crippen molar-refractivity contribution in [1.82, 2.24) is 19.7 Å². The van der Waals surface area contributed by atoms with Gasteiger partial charge in [-0.3, -0.25) is 9.36 Å². The van der Waals surface area contributed by atoms with Crippen LogP contribution in [-0.2, 0) is 11.2 Å². The minimum atomic E-state index is -0.255. The van der Waals surface area contributed by atoms with Crippen LogP contribution in [0.3, 0.4) is 0 Å². The Balaban J connectivity index is 1.30. The van der Waals surface area contributed by atoms with Crippen molar-refractivity contribution in [2.75, 3.05) is 31.1 Å². The summed E-state index contributed by atoms with van der Waals surface area (Å²) >= 11 is 1.48. The van der Waals surface area contributed by atoms with Gasteiger partial charge < -0.3 is 9.80 Å². The number of carbonyl (C=O) groups excluding carboxylic acids is 1.